The smallest absolute Gasteiger partial charge is 0.164 e. The number of furan rings is 1. The van der Waals surface area contributed by atoms with Crippen molar-refractivity contribution in [2.45, 2.75) is 19.3 Å². The molecule has 0 unspecified atom stereocenters. The van der Waals surface area contributed by atoms with Crippen LogP contribution in [0.1, 0.15) is 25.0 Å². The summed E-state index contributed by atoms with van der Waals surface area (Å²) in [6, 6.07) is 55.4. The number of hydrogen-bond donors (Lipinski definition) is 0. The van der Waals surface area contributed by atoms with E-state index in [0.29, 0.717) is 17.5 Å². The maximum atomic E-state index is 6.52. The Morgan fingerprint density at radius 2 is 1.06 bits per heavy atom. The Hall–Kier alpha value is -6.85. The Morgan fingerprint density at radius 1 is 0.434 bits per heavy atom. The highest BCUT2D eigenvalue weighted by Crippen LogP contribution is 2.49. The molecule has 0 saturated heterocycles. The molecule has 0 N–H and O–H groups in total. The maximum absolute atomic E-state index is 6.52. The molecule has 0 spiro atoms. The lowest BCUT2D eigenvalue weighted by atomic mass is 9.74. The molecule has 7 aromatic carbocycles. The fourth-order valence-corrected chi connectivity index (χ4v) is 8.37. The molecule has 5 heteroatoms. The van der Waals surface area contributed by atoms with Crippen LogP contribution in [0.2, 0.25) is 0 Å². The standard InChI is InChI=1S/C48H32N4O/c1-48(2)38-18-10-12-20-41(38)52-40-19-11-9-17-34(40)37-26-33(27-39(48)44(37)52)31-22-24-42-36(25-31)35-23-21-32(28-43(35)53-42)47-50-45(29-13-5-3-6-14-29)49-46(51-47)30-15-7-4-8-16-30/h3-28H,1-2H3. The SMILES string of the molecule is CC1(C)c2ccccc2-n2c3ccccc3c3cc(-c4ccc5oc6cc(-c7nc(-c8ccccc8)nc(-c8ccccc8)n7)ccc6c5c4)cc1c32. The van der Waals surface area contributed by atoms with Crippen LogP contribution in [-0.4, -0.2) is 19.5 Å². The molecule has 0 fully saturated rings. The highest BCUT2D eigenvalue weighted by Gasteiger charge is 2.35. The van der Waals surface area contributed by atoms with Gasteiger partial charge in [-0.15, -0.1) is 0 Å². The van der Waals surface area contributed by atoms with Crippen LogP contribution in [-0.2, 0) is 5.41 Å². The van der Waals surface area contributed by atoms with E-state index in [2.05, 4.69) is 115 Å². The molecule has 0 bridgehead atoms. The molecule has 0 amide bonds. The van der Waals surface area contributed by atoms with Crippen LogP contribution >= 0.6 is 0 Å². The van der Waals surface area contributed by atoms with Crippen LogP contribution in [0, 0.1) is 0 Å². The second-order valence-corrected chi connectivity index (χ2v) is 14.5. The lowest BCUT2D eigenvalue weighted by molar-refractivity contribution is 0.630. The number of para-hydroxylation sites is 2. The highest BCUT2D eigenvalue weighted by molar-refractivity contribution is 6.13. The van der Waals surface area contributed by atoms with Crippen molar-refractivity contribution in [3.63, 3.8) is 0 Å². The normalized spacial score (nSPS) is 13.2. The van der Waals surface area contributed by atoms with Crippen molar-refractivity contribution in [2.24, 2.45) is 0 Å². The van der Waals surface area contributed by atoms with E-state index >= 15 is 0 Å². The molecule has 0 saturated carbocycles. The minimum atomic E-state index is -0.173. The number of nitrogens with zero attached hydrogens (tertiary/aromatic N) is 4. The van der Waals surface area contributed by atoms with Gasteiger partial charge < -0.3 is 8.98 Å². The Labute approximate surface area is 305 Å². The van der Waals surface area contributed by atoms with Gasteiger partial charge in [0.2, 0.25) is 0 Å². The Balaban J connectivity index is 1.06. The summed E-state index contributed by atoms with van der Waals surface area (Å²) in [5.74, 6) is 1.87. The van der Waals surface area contributed by atoms with Crippen molar-refractivity contribution in [1.29, 1.82) is 0 Å². The zero-order chi connectivity index (χ0) is 35.3. The first-order valence-electron chi connectivity index (χ1n) is 18.0. The van der Waals surface area contributed by atoms with E-state index in [0.717, 1.165) is 44.2 Å². The van der Waals surface area contributed by atoms with E-state index in [-0.39, 0.29) is 5.41 Å². The molecule has 10 aromatic rings. The number of hydrogen-bond acceptors (Lipinski definition) is 4. The first-order valence-corrected chi connectivity index (χ1v) is 18.0. The van der Waals surface area contributed by atoms with Crippen molar-refractivity contribution < 1.29 is 4.42 Å². The molecular weight excluding hydrogens is 649 g/mol. The van der Waals surface area contributed by atoms with Gasteiger partial charge >= 0.3 is 0 Å². The summed E-state index contributed by atoms with van der Waals surface area (Å²) in [6.45, 7) is 4.71. The van der Waals surface area contributed by atoms with Crippen molar-refractivity contribution in [1.82, 2.24) is 19.5 Å². The summed E-state index contributed by atoms with van der Waals surface area (Å²) in [5, 5.41) is 4.68. The molecule has 1 aliphatic heterocycles. The predicted octanol–water partition coefficient (Wildman–Crippen LogP) is 12.2. The minimum absolute atomic E-state index is 0.173. The summed E-state index contributed by atoms with van der Waals surface area (Å²) in [5.41, 5.74) is 13.0. The molecule has 11 rings (SSSR count). The summed E-state index contributed by atoms with van der Waals surface area (Å²) in [4.78, 5) is 14.7. The summed E-state index contributed by atoms with van der Waals surface area (Å²) in [7, 11) is 0. The van der Waals surface area contributed by atoms with Crippen LogP contribution in [0.4, 0.5) is 0 Å². The largest absolute Gasteiger partial charge is 0.456 e. The van der Waals surface area contributed by atoms with Gasteiger partial charge in [0.05, 0.1) is 16.7 Å². The maximum Gasteiger partial charge on any atom is 0.164 e. The van der Waals surface area contributed by atoms with E-state index in [4.69, 9.17) is 19.4 Å². The Morgan fingerprint density at radius 3 is 1.81 bits per heavy atom. The fraction of sp³-hybridized carbons (Fsp3) is 0.0625. The average Bonchev–Trinajstić information content (AvgIpc) is 3.75. The number of rotatable bonds is 4. The van der Waals surface area contributed by atoms with E-state index in [1.54, 1.807) is 0 Å². The van der Waals surface area contributed by atoms with Gasteiger partial charge in [0, 0.05) is 43.7 Å². The van der Waals surface area contributed by atoms with Gasteiger partial charge in [-0.05, 0) is 70.8 Å². The molecular formula is C48H32N4O. The average molecular weight is 681 g/mol. The Bertz CT molecular complexity index is 3020. The molecule has 3 aromatic heterocycles. The number of aromatic nitrogens is 4. The van der Waals surface area contributed by atoms with E-state index in [9.17, 15) is 0 Å². The van der Waals surface area contributed by atoms with Crippen LogP contribution in [0.15, 0.2) is 162 Å². The van der Waals surface area contributed by atoms with Gasteiger partial charge in [-0.2, -0.15) is 0 Å². The molecule has 250 valence electrons. The summed E-state index contributed by atoms with van der Waals surface area (Å²) >= 11 is 0. The van der Waals surface area contributed by atoms with Crippen LogP contribution in [0.3, 0.4) is 0 Å². The third-order valence-electron chi connectivity index (χ3n) is 11.0. The van der Waals surface area contributed by atoms with Crippen molar-refractivity contribution in [3.05, 3.63) is 169 Å². The molecule has 5 nitrogen and oxygen atoms in total. The fourth-order valence-electron chi connectivity index (χ4n) is 8.37. The molecule has 0 aliphatic carbocycles. The summed E-state index contributed by atoms with van der Waals surface area (Å²) in [6.07, 6.45) is 0. The molecule has 53 heavy (non-hydrogen) atoms. The predicted molar refractivity (Wildman–Crippen MR) is 215 cm³/mol. The highest BCUT2D eigenvalue weighted by atomic mass is 16.3. The zero-order valence-corrected chi connectivity index (χ0v) is 29.2. The topological polar surface area (TPSA) is 56.7 Å². The van der Waals surface area contributed by atoms with Gasteiger partial charge in [0.25, 0.3) is 0 Å². The zero-order valence-electron chi connectivity index (χ0n) is 29.2. The molecule has 1 aliphatic rings. The first kappa shape index (κ1) is 29.8. The third kappa shape index (κ3) is 4.47. The van der Waals surface area contributed by atoms with Gasteiger partial charge in [0.1, 0.15) is 11.2 Å². The molecule has 0 radical (unpaired) electrons. The van der Waals surface area contributed by atoms with E-state index in [1.807, 2.05) is 60.7 Å². The second-order valence-electron chi connectivity index (χ2n) is 14.5. The van der Waals surface area contributed by atoms with Crippen LogP contribution in [0.5, 0.6) is 0 Å². The van der Waals surface area contributed by atoms with Gasteiger partial charge in [-0.25, -0.2) is 15.0 Å². The second kappa shape index (κ2) is 11.1. The minimum Gasteiger partial charge on any atom is -0.456 e. The van der Waals surface area contributed by atoms with E-state index < -0.39 is 0 Å². The lowest BCUT2D eigenvalue weighted by Crippen LogP contribution is -2.26. The Kier molecular flexibility index (Phi) is 6.23. The lowest BCUT2D eigenvalue weighted by Gasteiger charge is -2.35. The molecule has 0 atom stereocenters. The van der Waals surface area contributed by atoms with Crippen molar-refractivity contribution in [2.75, 3.05) is 0 Å². The number of fused-ring (bicyclic) bond motifs is 8. The van der Waals surface area contributed by atoms with Crippen LogP contribution < -0.4 is 0 Å². The van der Waals surface area contributed by atoms with Gasteiger partial charge in [-0.1, -0.05) is 123 Å². The van der Waals surface area contributed by atoms with Crippen molar-refractivity contribution >= 4 is 43.7 Å². The van der Waals surface area contributed by atoms with Gasteiger partial charge in [-0.3, -0.25) is 0 Å². The first-order chi connectivity index (χ1) is 26.0. The molecule has 4 heterocycles. The van der Waals surface area contributed by atoms with Gasteiger partial charge in [0.15, 0.2) is 17.5 Å². The number of benzene rings is 7. The van der Waals surface area contributed by atoms with Crippen molar-refractivity contribution in [3.8, 4) is 51.0 Å². The third-order valence-corrected chi connectivity index (χ3v) is 11.0. The summed E-state index contributed by atoms with van der Waals surface area (Å²) < 4.78 is 8.98. The quantitative estimate of drug-likeness (QED) is 0.186. The van der Waals surface area contributed by atoms with E-state index in [1.165, 1.54) is 44.2 Å². The van der Waals surface area contributed by atoms with Crippen LogP contribution in [0.25, 0.3) is 94.7 Å². The monoisotopic (exact) mass is 680 g/mol.